The third kappa shape index (κ3) is 2.29. The van der Waals surface area contributed by atoms with Crippen molar-refractivity contribution >= 4 is 23.1 Å². The fourth-order valence-corrected chi connectivity index (χ4v) is 2.15. The smallest absolute Gasteiger partial charge is 0.235 e. The van der Waals surface area contributed by atoms with Crippen LogP contribution in [0.25, 0.3) is 0 Å². The van der Waals surface area contributed by atoms with Crippen molar-refractivity contribution < 1.29 is 4.79 Å². The summed E-state index contributed by atoms with van der Waals surface area (Å²) in [5.74, 6) is 0.00986. The molecule has 1 saturated carbocycles. The molecular formula is C12H15N3OS. The van der Waals surface area contributed by atoms with E-state index < -0.39 is 5.41 Å². The highest BCUT2D eigenvalue weighted by Crippen LogP contribution is 2.47. The summed E-state index contributed by atoms with van der Waals surface area (Å²) in [5, 5.41) is 0. The quantitative estimate of drug-likeness (QED) is 0.812. The van der Waals surface area contributed by atoms with Crippen molar-refractivity contribution in [3.05, 3.63) is 30.1 Å². The highest BCUT2D eigenvalue weighted by Gasteiger charge is 2.53. The minimum Gasteiger partial charge on any atom is -0.392 e. The van der Waals surface area contributed by atoms with Crippen LogP contribution in [0.5, 0.6) is 0 Å². The van der Waals surface area contributed by atoms with E-state index in [9.17, 15) is 4.79 Å². The van der Waals surface area contributed by atoms with E-state index in [1.54, 1.807) is 18.1 Å². The van der Waals surface area contributed by atoms with Crippen LogP contribution >= 0.6 is 12.2 Å². The van der Waals surface area contributed by atoms with Crippen molar-refractivity contribution in [3.8, 4) is 0 Å². The molecule has 0 bridgehead atoms. The second-order valence-electron chi connectivity index (χ2n) is 4.43. The first-order chi connectivity index (χ1) is 8.06. The number of nitrogens with two attached hydrogens (primary N) is 1. The van der Waals surface area contributed by atoms with Gasteiger partial charge in [0.1, 0.15) is 0 Å². The number of aromatic nitrogens is 1. The van der Waals surface area contributed by atoms with E-state index in [0.29, 0.717) is 11.5 Å². The predicted molar refractivity (Wildman–Crippen MR) is 69.2 cm³/mol. The fourth-order valence-electron chi connectivity index (χ4n) is 1.86. The number of carbonyl (C=O) groups excluding carboxylic acids is 1. The molecule has 1 aliphatic rings. The molecule has 4 nitrogen and oxygen atoms in total. The lowest BCUT2D eigenvalue weighted by atomic mass is 10.1. The molecule has 1 fully saturated rings. The van der Waals surface area contributed by atoms with Crippen LogP contribution in [0.1, 0.15) is 18.5 Å². The molecule has 1 aliphatic carbocycles. The monoisotopic (exact) mass is 249 g/mol. The summed E-state index contributed by atoms with van der Waals surface area (Å²) in [6.07, 6.45) is 3.26. The van der Waals surface area contributed by atoms with E-state index in [2.05, 4.69) is 4.98 Å². The molecule has 0 radical (unpaired) electrons. The second kappa shape index (κ2) is 4.41. The lowest BCUT2D eigenvalue weighted by molar-refractivity contribution is -0.133. The number of nitrogens with zero attached hydrogens (tertiary/aromatic N) is 2. The van der Waals surface area contributed by atoms with Crippen LogP contribution in [-0.2, 0) is 11.3 Å². The molecule has 1 heterocycles. The molecular weight excluding hydrogens is 234 g/mol. The summed E-state index contributed by atoms with van der Waals surface area (Å²) in [4.78, 5) is 18.4. The Morgan fingerprint density at radius 1 is 1.59 bits per heavy atom. The Balaban J connectivity index is 2.04. The molecule has 90 valence electrons. The zero-order chi connectivity index (χ0) is 12.5. The van der Waals surface area contributed by atoms with Crippen molar-refractivity contribution in [2.24, 2.45) is 11.1 Å². The number of rotatable bonds is 4. The van der Waals surface area contributed by atoms with Crippen LogP contribution in [0.4, 0.5) is 0 Å². The Morgan fingerprint density at radius 2 is 2.29 bits per heavy atom. The lowest BCUT2D eigenvalue weighted by Crippen LogP contribution is -2.40. The third-order valence-electron chi connectivity index (χ3n) is 3.10. The lowest BCUT2D eigenvalue weighted by Gasteiger charge is -2.22. The number of thiocarbonyl (C=S) groups is 1. The normalized spacial score (nSPS) is 16.3. The molecule has 2 N–H and O–H groups in total. The van der Waals surface area contributed by atoms with Gasteiger partial charge in [0.15, 0.2) is 0 Å². The van der Waals surface area contributed by atoms with Gasteiger partial charge in [0.25, 0.3) is 0 Å². The zero-order valence-corrected chi connectivity index (χ0v) is 10.5. The van der Waals surface area contributed by atoms with E-state index >= 15 is 0 Å². The summed E-state index contributed by atoms with van der Waals surface area (Å²) >= 11 is 4.97. The average molecular weight is 249 g/mol. The van der Waals surface area contributed by atoms with E-state index in [4.69, 9.17) is 18.0 Å². The standard InChI is InChI=1S/C12H15N3OS/c1-15(8-9-4-2-3-7-14-9)11(16)12(5-6-12)10(13)17/h2-4,7H,5-6,8H2,1H3,(H2,13,17). The molecule has 1 aromatic rings. The van der Waals surface area contributed by atoms with Gasteiger partial charge in [-0.2, -0.15) is 0 Å². The minimum absolute atomic E-state index is 0.00986. The topological polar surface area (TPSA) is 59.2 Å². The van der Waals surface area contributed by atoms with Gasteiger partial charge in [0, 0.05) is 13.2 Å². The number of pyridine rings is 1. The van der Waals surface area contributed by atoms with Crippen molar-refractivity contribution in [1.29, 1.82) is 0 Å². The van der Waals surface area contributed by atoms with Gasteiger partial charge in [-0.1, -0.05) is 18.3 Å². The van der Waals surface area contributed by atoms with Crippen LogP contribution in [0.15, 0.2) is 24.4 Å². The maximum Gasteiger partial charge on any atom is 0.235 e. The summed E-state index contributed by atoms with van der Waals surface area (Å²) in [5.41, 5.74) is 5.93. The first-order valence-electron chi connectivity index (χ1n) is 5.52. The number of hydrogen-bond acceptors (Lipinski definition) is 3. The molecule has 0 unspecified atom stereocenters. The highest BCUT2D eigenvalue weighted by atomic mass is 32.1. The molecule has 0 saturated heterocycles. The predicted octanol–water partition coefficient (Wildman–Crippen LogP) is 1.11. The van der Waals surface area contributed by atoms with Gasteiger partial charge in [-0.15, -0.1) is 0 Å². The number of amides is 1. The van der Waals surface area contributed by atoms with Gasteiger partial charge in [-0.3, -0.25) is 9.78 Å². The Hall–Kier alpha value is -1.49. The van der Waals surface area contributed by atoms with Crippen molar-refractivity contribution in [1.82, 2.24) is 9.88 Å². The van der Waals surface area contributed by atoms with Gasteiger partial charge in [0.05, 0.1) is 22.6 Å². The van der Waals surface area contributed by atoms with E-state index in [1.807, 2.05) is 18.2 Å². The molecule has 0 atom stereocenters. The Bertz CT molecular complexity index is 442. The Kier molecular flexibility index (Phi) is 3.11. The molecule has 2 rings (SSSR count). The van der Waals surface area contributed by atoms with E-state index in [0.717, 1.165) is 18.5 Å². The summed E-state index contributed by atoms with van der Waals surface area (Å²) in [6, 6.07) is 5.65. The van der Waals surface area contributed by atoms with Crippen molar-refractivity contribution in [2.75, 3.05) is 7.05 Å². The van der Waals surface area contributed by atoms with Gasteiger partial charge >= 0.3 is 0 Å². The van der Waals surface area contributed by atoms with Crippen LogP contribution in [0.2, 0.25) is 0 Å². The maximum absolute atomic E-state index is 12.2. The number of hydrogen-bond donors (Lipinski definition) is 1. The van der Waals surface area contributed by atoms with Gasteiger partial charge in [-0.05, 0) is 25.0 Å². The van der Waals surface area contributed by atoms with Gasteiger partial charge in [0.2, 0.25) is 5.91 Å². The first-order valence-corrected chi connectivity index (χ1v) is 5.92. The summed E-state index contributed by atoms with van der Waals surface area (Å²) in [7, 11) is 1.76. The van der Waals surface area contributed by atoms with Crippen LogP contribution in [0.3, 0.4) is 0 Å². The largest absolute Gasteiger partial charge is 0.392 e. The molecule has 1 amide bonds. The van der Waals surface area contributed by atoms with E-state index in [1.165, 1.54) is 0 Å². The zero-order valence-electron chi connectivity index (χ0n) is 9.72. The minimum atomic E-state index is -0.571. The van der Waals surface area contributed by atoms with Crippen LogP contribution < -0.4 is 5.73 Å². The number of carbonyl (C=O) groups is 1. The fraction of sp³-hybridized carbons (Fsp3) is 0.417. The molecule has 0 aromatic carbocycles. The maximum atomic E-state index is 12.2. The molecule has 0 spiro atoms. The molecule has 1 aromatic heterocycles. The van der Waals surface area contributed by atoms with Gasteiger partial charge < -0.3 is 10.6 Å². The highest BCUT2D eigenvalue weighted by molar-refractivity contribution is 7.80. The van der Waals surface area contributed by atoms with Crippen molar-refractivity contribution in [2.45, 2.75) is 19.4 Å². The van der Waals surface area contributed by atoms with E-state index in [-0.39, 0.29) is 5.91 Å². The van der Waals surface area contributed by atoms with Gasteiger partial charge in [-0.25, -0.2) is 0 Å². The van der Waals surface area contributed by atoms with Crippen LogP contribution in [-0.4, -0.2) is 27.8 Å². The van der Waals surface area contributed by atoms with Crippen LogP contribution in [0, 0.1) is 5.41 Å². The van der Waals surface area contributed by atoms with Crippen molar-refractivity contribution in [3.63, 3.8) is 0 Å². The molecule has 5 heteroatoms. The Morgan fingerprint density at radius 3 is 2.76 bits per heavy atom. The average Bonchev–Trinajstić information content (AvgIpc) is 3.10. The SMILES string of the molecule is CN(Cc1ccccn1)C(=O)C1(C(N)=S)CC1. The summed E-state index contributed by atoms with van der Waals surface area (Å²) < 4.78 is 0. The summed E-state index contributed by atoms with van der Waals surface area (Å²) in [6.45, 7) is 0.490. The Labute approximate surface area is 106 Å². The second-order valence-corrected chi connectivity index (χ2v) is 4.87. The molecule has 17 heavy (non-hydrogen) atoms. The third-order valence-corrected chi connectivity index (χ3v) is 3.49. The molecule has 0 aliphatic heterocycles. The first kappa shape index (κ1) is 12.0.